The third-order valence-electron chi connectivity index (χ3n) is 4.39. The summed E-state index contributed by atoms with van der Waals surface area (Å²) in [6, 6.07) is 21.9. The minimum absolute atomic E-state index is 0.103. The molecule has 0 spiro atoms. The van der Waals surface area contributed by atoms with Crippen LogP contribution >= 0.6 is 0 Å². The molecule has 3 aromatic rings. The van der Waals surface area contributed by atoms with Crippen LogP contribution in [0.2, 0.25) is 0 Å². The van der Waals surface area contributed by atoms with Gasteiger partial charge in [0.15, 0.2) is 0 Å². The highest BCUT2D eigenvalue weighted by Crippen LogP contribution is 2.20. The second-order valence-electron chi connectivity index (χ2n) is 6.47. The molecule has 0 unspecified atom stereocenters. The number of sulfonamides is 1. The van der Waals surface area contributed by atoms with Crippen LogP contribution in [0.1, 0.15) is 28.9 Å². The number of ether oxygens (including phenoxy) is 1. The van der Waals surface area contributed by atoms with E-state index < -0.39 is 10.0 Å². The van der Waals surface area contributed by atoms with Crippen molar-refractivity contribution >= 4 is 21.6 Å². The molecule has 0 saturated carbocycles. The first-order valence-electron chi connectivity index (χ1n) is 9.02. The van der Waals surface area contributed by atoms with Gasteiger partial charge in [0.1, 0.15) is 5.75 Å². The number of carbonyl (C=O) groups is 1. The van der Waals surface area contributed by atoms with Crippen molar-refractivity contribution in [3.8, 4) is 5.75 Å². The predicted octanol–water partition coefficient (Wildman–Crippen LogP) is 3.99. The van der Waals surface area contributed by atoms with Gasteiger partial charge in [-0.15, -0.1) is 0 Å². The Hall–Kier alpha value is -3.32. The zero-order valence-corrected chi connectivity index (χ0v) is 16.9. The number of amides is 1. The maximum Gasteiger partial charge on any atom is 0.261 e. The Morgan fingerprint density at radius 3 is 2.28 bits per heavy atom. The Morgan fingerprint density at radius 1 is 0.931 bits per heavy atom. The molecule has 3 rings (SSSR count). The number of rotatable bonds is 7. The molecule has 0 aliphatic rings. The summed E-state index contributed by atoms with van der Waals surface area (Å²) < 4.78 is 32.7. The van der Waals surface area contributed by atoms with Gasteiger partial charge < -0.3 is 10.1 Å². The number of hydrogen-bond donors (Lipinski definition) is 2. The molecule has 0 heterocycles. The normalized spacial score (nSPS) is 12.1. The van der Waals surface area contributed by atoms with Gasteiger partial charge in [0, 0.05) is 11.3 Å². The van der Waals surface area contributed by atoms with E-state index in [0.717, 1.165) is 5.56 Å². The Balaban J connectivity index is 1.73. The van der Waals surface area contributed by atoms with Crippen LogP contribution in [-0.4, -0.2) is 21.4 Å². The van der Waals surface area contributed by atoms with Crippen LogP contribution in [-0.2, 0) is 10.0 Å². The fraction of sp³-hybridized carbons (Fsp3) is 0.136. The fourth-order valence-corrected chi connectivity index (χ4v) is 3.85. The Bertz CT molecular complexity index is 1080. The maximum atomic E-state index is 12.6. The van der Waals surface area contributed by atoms with Gasteiger partial charge in [-0.2, -0.15) is 0 Å². The van der Waals surface area contributed by atoms with Crippen LogP contribution in [0.5, 0.6) is 5.75 Å². The quantitative estimate of drug-likeness (QED) is 0.617. The predicted molar refractivity (Wildman–Crippen MR) is 113 cm³/mol. The summed E-state index contributed by atoms with van der Waals surface area (Å²) in [5, 5.41) is 2.92. The molecule has 1 amide bonds. The van der Waals surface area contributed by atoms with E-state index in [4.69, 9.17) is 4.74 Å². The topological polar surface area (TPSA) is 84.5 Å². The molecular formula is C22H22N2O4S. The highest BCUT2D eigenvalue weighted by molar-refractivity contribution is 7.92. The Morgan fingerprint density at radius 2 is 1.62 bits per heavy atom. The Kier molecular flexibility index (Phi) is 6.19. The van der Waals surface area contributed by atoms with Gasteiger partial charge in [-0.25, -0.2) is 8.42 Å². The van der Waals surface area contributed by atoms with E-state index in [0.29, 0.717) is 17.0 Å². The summed E-state index contributed by atoms with van der Waals surface area (Å²) in [4.78, 5) is 12.7. The lowest BCUT2D eigenvalue weighted by molar-refractivity contribution is 0.0940. The van der Waals surface area contributed by atoms with Crippen LogP contribution in [0.4, 0.5) is 5.69 Å². The number of anilines is 1. The van der Waals surface area contributed by atoms with E-state index >= 15 is 0 Å². The summed E-state index contributed by atoms with van der Waals surface area (Å²) in [6.07, 6.45) is 0. The second-order valence-corrected chi connectivity index (χ2v) is 8.15. The number of nitrogens with one attached hydrogen (secondary N) is 2. The average molecular weight is 410 g/mol. The Labute approximate surface area is 170 Å². The lowest BCUT2D eigenvalue weighted by Crippen LogP contribution is -2.26. The molecule has 1 atom stereocenters. The molecule has 0 saturated heterocycles. The summed E-state index contributed by atoms with van der Waals surface area (Å²) >= 11 is 0. The molecule has 0 fully saturated rings. The zero-order chi connectivity index (χ0) is 20.9. The molecule has 7 heteroatoms. The average Bonchev–Trinajstić information content (AvgIpc) is 2.74. The molecule has 6 nitrogen and oxygen atoms in total. The van der Waals surface area contributed by atoms with Crippen LogP contribution < -0.4 is 14.8 Å². The standard InChI is InChI=1S/C22H22N2O4S/c1-16(17-7-4-3-5-8-17)23-22(25)18-9-6-10-19(15-18)24-29(26,27)21-13-11-20(28-2)12-14-21/h3-16,24H,1-2H3,(H,23,25)/t16-/m1/s1. The smallest absolute Gasteiger partial charge is 0.261 e. The molecule has 0 aromatic heterocycles. The van der Waals surface area contributed by atoms with E-state index in [1.165, 1.54) is 25.3 Å². The highest BCUT2D eigenvalue weighted by atomic mass is 32.2. The third kappa shape index (κ3) is 5.14. The largest absolute Gasteiger partial charge is 0.497 e. The van der Waals surface area contributed by atoms with Gasteiger partial charge in [-0.05, 0) is 55.0 Å². The van der Waals surface area contributed by atoms with Crippen molar-refractivity contribution in [2.75, 3.05) is 11.8 Å². The van der Waals surface area contributed by atoms with Gasteiger partial charge in [-0.1, -0.05) is 36.4 Å². The first-order chi connectivity index (χ1) is 13.9. The summed E-state index contributed by atoms with van der Waals surface area (Å²) in [6.45, 7) is 1.89. The molecule has 150 valence electrons. The van der Waals surface area contributed by atoms with Crippen molar-refractivity contribution in [1.82, 2.24) is 5.32 Å². The summed E-state index contributed by atoms with van der Waals surface area (Å²) in [5.74, 6) is 0.280. The zero-order valence-electron chi connectivity index (χ0n) is 16.1. The van der Waals surface area contributed by atoms with Crippen LogP contribution in [0.3, 0.4) is 0 Å². The summed E-state index contributed by atoms with van der Waals surface area (Å²) in [7, 11) is -2.27. The van der Waals surface area contributed by atoms with Crippen LogP contribution in [0.15, 0.2) is 83.8 Å². The van der Waals surface area contributed by atoms with Crippen molar-refractivity contribution in [1.29, 1.82) is 0 Å². The van der Waals surface area contributed by atoms with Crippen molar-refractivity contribution < 1.29 is 17.9 Å². The van der Waals surface area contributed by atoms with Crippen LogP contribution in [0, 0.1) is 0 Å². The fourth-order valence-electron chi connectivity index (χ4n) is 2.80. The minimum Gasteiger partial charge on any atom is -0.497 e. The highest BCUT2D eigenvalue weighted by Gasteiger charge is 2.16. The number of methoxy groups -OCH3 is 1. The van der Waals surface area contributed by atoms with Gasteiger partial charge in [0.2, 0.25) is 0 Å². The molecule has 0 bridgehead atoms. The number of carbonyl (C=O) groups excluding carboxylic acids is 1. The molecular weight excluding hydrogens is 388 g/mol. The van der Waals surface area contributed by atoms with E-state index in [1.807, 2.05) is 37.3 Å². The molecule has 0 aliphatic carbocycles. The van der Waals surface area contributed by atoms with E-state index in [1.54, 1.807) is 30.3 Å². The maximum absolute atomic E-state index is 12.6. The van der Waals surface area contributed by atoms with Crippen molar-refractivity contribution in [2.24, 2.45) is 0 Å². The monoisotopic (exact) mass is 410 g/mol. The lowest BCUT2D eigenvalue weighted by atomic mass is 10.1. The number of hydrogen-bond acceptors (Lipinski definition) is 4. The lowest BCUT2D eigenvalue weighted by Gasteiger charge is -2.15. The van der Waals surface area contributed by atoms with E-state index in [9.17, 15) is 13.2 Å². The van der Waals surface area contributed by atoms with Gasteiger partial charge in [0.05, 0.1) is 18.0 Å². The van der Waals surface area contributed by atoms with Crippen molar-refractivity contribution in [3.05, 3.63) is 90.0 Å². The SMILES string of the molecule is COc1ccc(S(=O)(=O)Nc2cccc(C(=O)N[C@H](C)c3ccccc3)c2)cc1. The van der Waals surface area contributed by atoms with E-state index in [-0.39, 0.29) is 16.8 Å². The molecule has 2 N–H and O–H groups in total. The molecule has 0 radical (unpaired) electrons. The van der Waals surface area contributed by atoms with Crippen molar-refractivity contribution in [2.45, 2.75) is 17.9 Å². The molecule has 0 aliphatic heterocycles. The molecule has 29 heavy (non-hydrogen) atoms. The third-order valence-corrected chi connectivity index (χ3v) is 5.79. The second kappa shape index (κ2) is 8.79. The van der Waals surface area contributed by atoms with Crippen molar-refractivity contribution in [3.63, 3.8) is 0 Å². The molecule has 3 aromatic carbocycles. The minimum atomic E-state index is -3.78. The van der Waals surface area contributed by atoms with Crippen LogP contribution in [0.25, 0.3) is 0 Å². The van der Waals surface area contributed by atoms with E-state index in [2.05, 4.69) is 10.0 Å². The van der Waals surface area contributed by atoms with Gasteiger partial charge in [-0.3, -0.25) is 9.52 Å². The first kappa shape index (κ1) is 20.4. The number of benzene rings is 3. The van der Waals surface area contributed by atoms with Gasteiger partial charge in [0.25, 0.3) is 15.9 Å². The first-order valence-corrected chi connectivity index (χ1v) is 10.5. The van der Waals surface area contributed by atoms with Gasteiger partial charge >= 0.3 is 0 Å². The summed E-state index contributed by atoms with van der Waals surface area (Å²) in [5.41, 5.74) is 1.65.